The van der Waals surface area contributed by atoms with Crippen LogP contribution in [0.1, 0.15) is 30.9 Å². The summed E-state index contributed by atoms with van der Waals surface area (Å²) < 4.78 is 0. The SMILES string of the molecule is CCCC(=O)C(Br)Cc1ccccc1C. The third-order valence-electron chi connectivity index (χ3n) is 2.51. The maximum Gasteiger partial charge on any atom is 0.146 e. The Balaban J connectivity index is 2.62. The highest BCUT2D eigenvalue weighted by atomic mass is 79.9. The number of carbonyl (C=O) groups is 1. The average molecular weight is 269 g/mol. The Hall–Kier alpha value is -0.630. The first kappa shape index (κ1) is 12.4. The van der Waals surface area contributed by atoms with Crippen molar-refractivity contribution in [1.29, 1.82) is 0 Å². The third-order valence-corrected chi connectivity index (χ3v) is 3.34. The van der Waals surface area contributed by atoms with E-state index in [2.05, 4.69) is 35.0 Å². The first-order valence-corrected chi connectivity index (χ1v) is 6.28. The Bertz CT molecular complexity index is 333. The van der Waals surface area contributed by atoms with E-state index in [-0.39, 0.29) is 4.83 Å². The van der Waals surface area contributed by atoms with Gasteiger partial charge < -0.3 is 0 Å². The van der Waals surface area contributed by atoms with Gasteiger partial charge in [-0.05, 0) is 30.9 Å². The predicted molar refractivity (Wildman–Crippen MR) is 67.5 cm³/mol. The van der Waals surface area contributed by atoms with Gasteiger partial charge in [0.25, 0.3) is 0 Å². The molecule has 0 aliphatic carbocycles. The Labute approximate surface area is 100 Å². The predicted octanol–water partition coefficient (Wildman–Crippen LogP) is 3.67. The van der Waals surface area contributed by atoms with Crippen molar-refractivity contribution < 1.29 is 4.79 Å². The lowest BCUT2D eigenvalue weighted by atomic mass is 10.0. The number of hydrogen-bond donors (Lipinski definition) is 0. The molecular formula is C13H17BrO. The molecule has 0 N–H and O–H groups in total. The van der Waals surface area contributed by atoms with Crippen LogP contribution in [0.3, 0.4) is 0 Å². The first-order chi connectivity index (χ1) is 7.15. The van der Waals surface area contributed by atoms with Crippen molar-refractivity contribution in [3.05, 3.63) is 35.4 Å². The molecule has 0 aromatic heterocycles. The van der Waals surface area contributed by atoms with Gasteiger partial charge in [0.1, 0.15) is 5.78 Å². The van der Waals surface area contributed by atoms with E-state index in [9.17, 15) is 4.79 Å². The molecule has 2 heteroatoms. The molecule has 0 aliphatic heterocycles. The molecule has 0 saturated heterocycles. The highest BCUT2D eigenvalue weighted by molar-refractivity contribution is 9.10. The average Bonchev–Trinajstić information content (AvgIpc) is 2.21. The molecule has 1 rings (SSSR count). The molecule has 0 saturated carbocycles. The molecule has 1 nitrogen and oxygen atoms in total. The van der Waals surface area contributed by atoms with Gasteiger partial charge >= 0.3 is 0 Å². The third kappa shape index (κ3) is 3.78. The largest absolute Gasteiger partial charge is 0.298 e. The number of alkyl halides is 1. The van der Waals surface area contributed by atoms with Crippen molar-refractivity contribution in [1.82, 2.24) is 0 Å². The summed E-state index contributed by atoms with van der Waals surface area (Å²) in [5.41, 5.74) is 2.51. The van der Waals surface area contributed by atoms with Crippen LogP contribution in [0.25, 0.3) is 0 Å². The second-order valence-corrected chi connectivity index (χ2v) is 4.92. The van der Waals surface area contributed by atoms with Crippen LogP contribution >= 0.6 is 15.9 Å². The van der Waals surface area contributed by atoms with Gasteiger partial charge in [-0.3, -0.25) is 4.79 Å². The van der Waals surface area contributed by atoms with E-state index in [0.717, 1.165) is 12.8 Å². The molecular weight excluding hydrogens is 252 g/mol. The lowest BCUT2D eigenvalue weighted by Crippen LogP contribution is -2.16. The molecule has 0 amide bonds. The lowest BCUT2D eigenvalue weighted by molar-refractivity contribution is -0.118. The minimum atomic E-state index is -0.0291. The molecule has 15 heavy (non-hydrogen) atoms. The van der Waals surface area contributed by atoms with Crippen LogP contribution in [-0.4, -0.2) is 10.6 Å². The van der Waals surface area contributed by atoms with E-state index in [0.29, 0.717) is 12.2 Å². The normalized spacial score (nSPS) is 12.5. The van der Waals surface area contributed by atoms with Crippen LogP contribution < -0.4 is 0 Å². The monoisotopic (exact) mass is 268 g/mol. The van der Waals surface area contributed by atoms with Gasteiger partial charge in [-0.15, -0.1) is 0 Å². The van der Waals surface area contributed by atoms with Gasteiger partial charge in [0.05, 0.1) is 4.83 Å². The van der Waals surface area contributed by atoms with E-state index in [1.807, 2.05) is 19.1 Å². The summed E-state index contributed by atoms with van der Waals surface area (Å²) in [4.78, 5) is 11.6. The summed E-state index contributed by atoms with van der Waals surface area (Å²) in [7, 11) is 0. The summed E-state index contributed by atoms with van der Waals surface area (Å²) in [5, 5.41) is 0. The van der Waals surface area contributed by atoms with Gasteiger partial charge in [-0.25, -0.2) is 0 Å². The van der Waals surface area contributed by atoms with Gasteiger partial charge in [-0.2, -0.15) is 0 Å². The summed E-state index contributed by atoms with van der Waals surface area (Å²) in [6, 6.07) is 8.21. The maximum atomic E-state index is 11.6. The zero-order valence-electron chi connectivity index (χ0n) is 9.29. The van der Waals surface area contributed by atoms with E-state index in [1.54, 1.807) is 0 Å². The topological polar surface area (TPSA) is 17.1 Å². The molecule has 1 aromatic rings. The highest BCUT2D eigenvalue weighted by Gasteiger charge is 2.14. The smallest absolute Gasteiger partial charge is 0.146 e. The zero-order chi connectivity index (χ0) is 11.3. The fourth-order valence-corrected chi connectivity index (χ4v) is 2.13. The van der Waals surface area contributed by atoms with Crippen LogP contribution in [0.2, 0.25) is 0 Å². The van der Waals surface area contributed by atoms with E-state index in [4.69, 9.17) is 0 Å². The van der Waals surface area contributed by atoms with Gasteiger partial charge in [-0.1, -0.05) is 47.1 Å². The zero-order valence-corrected chi connectivity index (χ0v) is 10.9. The summed E-state index contributed by atoms with van der Waals surface area (Å²) in [6.07, 6.45) is 2.39. The second-order valence-electron chi connectivity index (χ2n) is 3.81. The molecule has 0 radical (unpaired) electrons. The molecule has 0 spiro atoms. The molecule has 0 heterocycles. The summed E-state index contributed by atoms with van der Waals surface area (Å²) in [6.45, 7) is 4.12. The second kappa shape index (κ2) is 6.06. The van der Waals surface area contributed by atoms with Crippen LogP contribution in [0.4, 0.5) is 0 Å². The molecule has 0 aliphatic rings. The Kier molecular flexibility index (Phi) is 5.03. The van der Waals surface area contributed by atoms with Gasteiger partial charge in [0.2, 0.25) is 0 Å². The first-order valence-electron chi connectivity index (χ1n) is 5.36. The number of rotatable bonds is 5. The van der Waals surface area contributed by atoms with Crippen LogP contribution in [0.5, 0.6) is 0 Å². The van der Waals surface area contributed by atoms with E-state index >= 15 is 0 Å². The van der Waals surface area contributed by atoms with Crippen molar-refractivity contribution in [2.45, 2.75) is 37.9 Å². The Morgan fingerprint density at radius 3 is 2.67 bits per heavy atom. The van der Waals surface area contributed by atoms with E-state index in [1.165, 1.54) is 11.1 Å². The Morgan fingerprint density at radius 1 is 1.40 bits per heavy atom. The van der Waals surface area contributed by atoms with Crippen molar-refractivity contribution in [3.8, 4) is 0 Å². The lowest BCUT2D eigenvalue weighted by Gasteiger charge is -2.10. The van der Waals surface area contributed by atoms with Crippen molar-refractivity contribution in [2.75, 3.05) is 0 Å². The molecule has 1 aromatic carbocycles. The van der Waals surface area contributed by atoms with E-state index < -0.39 is 0 Å². The highest BCUT2D eigenvalue weighted by Crippen LogP contribution is 2.16. The molecule has 1 atom stereocenters. The van der Waals surface area contributed by atoms with Crippen LogP contribution in [0, 0.1) is 6.92 Å². The summed E-state index contributed by atoms with van der Waals surface area (Å²) in [5.74, 6) is 0.306. The standard InChI is InChI=1S/C13H17BrO/c1-3-6-13(15)12(14)9-11-8-5-4-7-10(11)2/h4-5,7-8,12H,3,6,9H2,1-2H3. The maximum absolute atomic E-state index is 11.6. The molecule has 1 unspecified atom stereocenters. The fourth-order valence-electron chi connectivity index (χ4n) is 1.55. The number of ketones is 1. The number of aryl methyl sites for hydroxylation is 1. The molecule has 0 fully saturated rings. The number of carbonyl (C=O) groups excluding carboxylic acids is 1. The van der Waals surface area contributed by atoms with Crippen LogP contribution in [-0.2, 0) is 11.2 Å². The molecule has 0 bridgehead atoms. The van der Waals surface area contributed by atoms with Crippen molar-refractivity contribution in [2.24, 2.45) is 0 Å². The summed E-state index contributed by atoms with van der Waals surface area (Å²) >= 11 is 3.47. The fraction of sp³-hybridized carbons (Fsp3) is 0.462. The van der Waals surface area contributed by atoms with Crippen molar-refractivity contribution >= 4 is 21.7 Å². The number of hydrogen-bond acceptors (Lipinski definition) is 1. The number of benzene rings is 1. The van der Waals surface area contributed by atoms with Gasteiger partial charge in [0, 0.05) is 6.42 Å². The quantitative estimate of drug-likeness (QED) is 0.745. The van der Waals surface area contributed by atoms with Gasteiger partial charge in [0.15, 0.2) is 0 Å². The minimum absolute atomic E-state index is 0.0291. The Morgan fingerprint density at radius 2 is 2.07 bits per heavy atom. The van der Waals surface area contributed by atoms with Crippen LogP contribution in [0.15, 0.2) is 24.3 Å². The van der Waals surface area contributed by atoms with Crippen molar-refractivity contribution in [3.63, 3.8) is 0 Å². The molecule has 82 valence electrons. The number of Topliss-reactive ketones (excluding diaryl/α,β-unsaturated/α-hetero) is 1. The number of halogens is 1. The minimum Gasteiger partial charge on any atom is -0.298 e.